The molecule has 1 fully saturated rings. The first-order valence-electron chi connectivity index (χ1n) is 9.52. The normalized spacial score (nSPS) is 16.3. The lowest BCUT2D eigenvalue weighted by Crippen LogP contribution is -2.29. The van der Waals surface area contributed by atoms with Crippen molar-refractivity contribution < 1.29 is 14.6 Å². The first-order chi connectivity index (χ1) is 14.6. The molecule has 10 nitrogen and oxygen atoms in total. The van der Waals surface area contributed by atoms with Crippen LogP contribution in [0.25, 0.3) is 28.2 Å². The van der Waals surface area contributed by atoms with Gasteiger partial charge in [-0.1, -0.05) is 0 Å². The lowest BCUT2D eigenvalue weighted by Gasteiger charge is -2.13. The number of carboxylic acid groups (broad SMARTS) is 1. The highest BCUT2D eigenvalue weighted by atomic mass is 16.5. The van der Waals surface area contributed by atoms with Crippen molar-refractivity contribution in [3.05, 3.63) is 49.1 Å². The van der Waals surface area contributed by atoms with Gasteiger partial charge in [-0.3, -0.25) is 0 Å². The minimum atomic E-state index is -0.937. The largest absolute Gasteiger partial charge is 0.471 e. The molecule has 30 heavy (non-hydrogen) atoms. The summed E-state index contributed by atoms with van der Waals surface area (Å²) >= 11 is 0. The van der Waals surface area contributed by atoms with Gasteiger partial charge in [0, 0.05) is 38.0 Å². The number of aromatic nitrogens is 6. The molecule has 0 bridgehead atoms. The maximum absolute atomic E-state index is 11.1. The highest BCUT2D eigenvalue weighted by molar-refractivity contribution is 5.81. The molecule has 1 amide bonds. The van der Waals surface area contributed by atoms with E-state index in [4.69, 9.17) is 14.8 Å². The molecule has 4 aromatic rings. The van der Waals surface area contributed by atoms with E-state index in [1.54, 1.807) is 10.9 Å². The van der Waals surface area contributed by atoms with Crippen molar-refractivity contribution in [3.8, 4) is 23.0 Å². The van der Waals surface area contributed by atoms with E-state index in [-0.39, 0.29) is 6.10 Å². The molecule has 1 aromatic carbocycles. The van der Waals surface area contributed by atoms with Gasteiger partial charge in [-0.2, -0.15) is 10.1 Å². The number of hydrogen-bond donors (Lipinski definition) is 1. The first-order valence-corrected chi connectivity index (χ1v) is 9.52. The summed E-state index contributed by atoms with van der Waals surface area (Å²) in [6, 6.07) is 9.79. The maximum atomic E-state index is 11.1. The number of amides is 1. The Labute approximate surface area is 171 Å². The number of rotatable bonds is 4. The Morgan fingerprint density at radius 3 is 2.77 bits per heavy atom. The first kappa shape index (κ1) is 18.1. The van der Waals surface area contributed by atoms with Crippen LogP contribution in [-0.4, -0.2) is 64.6 Å². The Bertz CT molecular complexity index is 1200. The Hall–Kier alpha value is -3.95. The van der Waals surface area contributed by atoms with Gasteiger partial charge in [-0.25, -0.2) is 19.4 Å². The number of nitrogens with zero attached hydrogens (tertiary/aromatic N) is 7. The van der Waals surface area contributed by atoms with Gasteiger partial charge in [-0.05, 0) is 30.3 Å². The smallest absolute Gasteiger partial charge is 0.407 e. The average Bonchev–Trinajstić information content (AvgIpc) is 3.50. The number of carbonyl (C=O) groups is 1. The molecule has 0 spiro atoms. The lowest BCUT2D eigenvalue weighted by atomic mass is 10.2. The van der Waals surface area contributed by atoms with Crippen LogP contribution in [0.2, 0.25) is 0 Å². The predicted molar refractivity (Wildman–Crippen MR) is 107 cm³/mol. The fourth-order valence-corrected chi connectivity index (χ4v) is 3.66. The third-order valence-corrected chi connectivity index (χ3v) is 5.21. The second kappa shape index (κ2) is 7.14. The number of likely N-dealkylation sites (tertiary alicyclic amines) is 1. The molecule has 1 N–H and O–H groups in total. The molecular formula is C20H19N7O3. The van der Waals surface area contributed by atoms with Crippen molar-refractivity contribution in [1.29, 1.82) is 0 Å². The van der Waals surface area contributed by atoms with Crippen LogP contribution in [0.1, 0.15) is 6.42 Å². The van der Waals surface area contributed by atoms with Crippen LogP contribution in [0, 0.1) is 0 Å². The fourth-order valence-electron chi connectivity index (χ4n) is 3.66. The van der Waals surface area contributed by atoms with Crippen molar-refractivity contribution in [2.75, 3.05) is 13.1 Å². The molecule has 1 unspecified atom stereocenters. The number of hydrogen-bond acceptors (Lipinski definition) is 6. The Morgan fingerprint density at radius 1 is 1.23 bits per heavy atom. The summed E-state index contributed by atoms with van der Waals surface area (Å²) in [5, 5.41) is 13.4. The Morgan fingerprint density at radius 2 is 2.07 bits per heavy atom. The molecule has 152 valence electrons. The van der Waals surface area contributed by atoms with E-state index in [1.807, 2.05) is 48.1 Å². The van der Waals surface area contributed by atoms with Crippen LogP contribution in [0.3, 0.4) is 0 Å². The van der Waals surface area contributed by atoms with Gasteiger partial charge in [0.2, 0.25) is 5.88 Å². The highest BCUT2D eigenvalue weighted by Crippen LogP contribution is 2.28. The van der Waals surface area contributed by atoms with Gasteiger partial charge < -0.3 is 19.3 Å². The number of benzene rings is 1. The van der Waals surface area contributed by atoms with Gasteiger partial charge in [0.25, 0.3) is 0 Å². The van der Waals surface area contributed by atoms with Gasteiger partial charge in [-0.15, -0.1) is 0 Å². The standard InChI is InChI=1S/C20H19N7O3/c1-25-17(13-3-5-14(6-4-13)27-9-2-8-23-27)24-16-18(25)21-12-22-19(16)30-15-7-10-26(11-15)20(28)29/h2-6,8-9,12,15H,7,10-11H2,1H3,(H,28,29). The van der Waals surface area contributed by atoms with Crippen molar-refractivity contribution in [1.82, 2.24) is 34.2 Å². The molecule has 1 aliphatic heterocycles. The molecule has 0 aliphatic carbocycles. The van der Waals surface area contributed by atoms with Crippen LogP contribution in [0.5, 0.6) is 5.88 Å². The van der Waals surface area contributed by atoms with Crippen molar-refractivity contribution in [2.45, 2.75) is 12.5 Å². The molecule has 0 saturated carbocycles. The average molecular weight is 405 g/mol. The van der Waals surface area contributed by atoms with E-state index in [9.17, 15) is 4.79 Å². The minimum absolute atomic E-state index is 0.252. The molecule has 3 aromatic heterocycles. The van der Waals surface area contributed by atoms with Gasteiger partial charge in [0.1, 0.15) is 18.3 Å². The number of imidazole rings is 1. The van der Waals surface area contributed by atoms with E-state index in [1.165, 1.54) is 11.2 Å². The molecule has 4 heterocycles. The fraction of sp³-hybridized carbons (Fsp3) is 0.250. The summed E-state index contributed by atoms with van der Waals surface area (Å²) in [5.41, 5.74) is 3.09. The zero-order valence-electron chi connectivity index (χ0n) is 16.2. The van der Waals surface area contributed by atoms with Crippen molar-refractivity contribution in [3.63, 3.8) is 0 Å². The van der Waals surface area contributed by atoms with E-state index >= 15 is 0 Å². The molecule has 1 saturated heterocycles. The maximum Gasteiger partial charge on any atom is 0.407 e. The zero-order valence-corrected chi connectivity index (χ0v) is 16.2. The topological polar surface area (TPSA) is 111 Å². The molecule has 0 radical (unpaired) electrons. The molecular weight excluding hydrogens is 386 g/mol. The highest BCUT2D eigenvalue weighted by Gasteiger charge is 2.28. The second-order valence-electron chi connectivity index (χ2n) is 7.10. The SMILES string of the molecule is Cn1c(-c2ccc(-n3cccn3)cc2)nc2c(OC3CCN(C(=O)O)C3)ncnc21. The third kappa shape index (κ3) is 3.11. The summed E-state index contributed by atoms with van der Waals surface area (Å²) in [5.74, 6) is 1.10. The summed E-state index contributed by atoms with van der Waals surface area (Å²) < 4.78 is 9.68. The molecule has 1 aliphatic rings. The van der Waals surface area contributed by atoms with Crippen molar-refractivity contribution >= 4 is 17.3 Å². The number of fused-ring (bicyclic) bond motifs is 1. The van der Waals surface area contributed by atoms with Gasteiger partial charge in [0.15, 0.2) is 11.2 Å². The lowest BCUT2D eigenvalue weighted by molar-refractivity contribution is 0.145. The zero-order chi connectivity index (χ0) is 20.7. The van der Waals surface area contributed by atoms with E-state index in [0.29, 0.717) is 36.6 Å². The van der Waals surface area contributed by atoms with Crippen LogP contribution in [-0.2, 0) is 7.05 Å². The van der Waals surface area contributed by atoms with Crippen LogP contribution in [0.15, 0.2) is 49.1 Å². The van der Waals surface area contributed by atoms with Crippen LogP contribution >= 0.6 is 0 Å². The third-order valence-electron chi connectivity index (χ3n) is 5.21. The Kier molecular flexibility index (Phi) is 4.31. The molecule has 5 rings (SSSR count). The van der Waals surface area contributed by atoms with Crippen LogP contribution in [0.4, 0.5) is 4.79 Å². The van der Waals surface area contributed by atoms with Crippen LogP contribution < -0.4 is 4.74 Å². The van der Waals surface area contributed by atoms with Gasteiger partial charge in [0.05, 0.1) is 12.2 Å². The Balaban J connectivity index is 1.45. The van der Waals surface area contributed by atoms with E-state index in [2.05, 4.69) is 15.1 Å². The summed E-state index contributed by atoms with van der Waals surface area (Å²) in [7, 11) is 1.89. The molecule has 10 heteroatoms. The van der Waals surface area contributed by atoms with Crippen molar-refractivity contribution in [2.24, 2.45) is 7.05 Å². The molecule has 1 atom stereocenters. The number of ether oxygens (including phenoxy) is 1. The van der Waals surface area contributed by atoms with Gasteiger partial charge >= 0.3 is 6.09 Å². The minimum Gasteiger partial charge on any atom is -0.471 e. The van der Waals surface area contributed by atoms with E-state index < -0.39 is 6.09 Å². The number of aryl methyl sites for hydroxylation is 1. The quantitative estimate of drug-likeness (QED) is 0.555. The summed E-state index contributed by atoms with van der Waals surface area (Å²) in [4.78, 5) is 25.8. The van der Waals surface area contributed by atoms with E-state index in [0.717, 1.165) is 17.1 Å². The summed E-state index contributed by atoms with van der Waals surface area (Å²) in [6.45, 7) is 0.764. The predicted octanol–water partition coefficient (Wildman–Crippen LogP) is 2.35. The second-order valence-corrected chi connectivity index (χ2v) is 7.10. The monoisotopic (exact) mass is 405 g/mol. The summed E-state index contributed by atoms with van der Waals surface area (Å²) in [6.07, 6.45) is 4.49.